The molecule has 0 amide bonds. The summed E-state index contributed by atoms with van der Waals surface area (Å²) in [5, 5.41) is 13.3. The number of nitrogens with zero attached hydrogens (tertiary/aromatic N) is 5. The Morgan fingerprint density at radius 3 is 1.66 bits per heavy atom. The molecule has 9 nitrogen and oxygen atoms in total. The average molecular weight is 922 g/mol. The highest BCUT2D eigenvalue weighted by Gasteiger charge is 2.29. The molecule has 3 aromatic heterocycles. The molecule has 0 saturated carbocycles. The summed E-state index contributed by atoms with van der Waals surface area (Å²) in [7, 11) is 0. The van der Waals surface area contributed by atoms with Crippen LogP contribution in [0, 0.1) is 18.8 Å². The van der Waals surface area contributed by atoms with E-state index in [9.17, 15) is 9.90 Å². The quantitative estimate of drug-likeness (QED) is 0.0973. The Bertz CT molecular complexity index is 3970. The van der Waals surface area contributed by atoms with E-state index in [2.05, 4.69) is 150 Å². The number of unbranched alkanes of at least 4 members (excludes halogenated alkanes) is 3. The summed E-state index contributed by atoms with van der Waals surface area (Å²) in [6, 6.07) is 57.3. The van der Waals surface area contributed by atoms with Gasteiger partial charge in [-0.2, -0.15) is 0 Å². The van der Waals surface area contributed by atoms with Gasteiger partial charge in [0.25, 0.3) is 0 Å². The molecule has 0 spiro atoms. The molecule has 9 heteroatoms. The number of aromatic carboxylic acids is 1. The first-order chi connectivity index (χ1) is 34.9. The Hall–Kier alpha value is -9.13. The van der Waals surface area contributed by atoms with E-state index < -0.39 is 5.97 Å². The number of anilines is 3. The topological polar surface area (TPSA) is 124 Å². The standard InChI is InChI=1S/C62H47N7O2/c1-3-4-5-6-15-39-28-35-43(36-29-39)69(42-33-24-38(2)25-34-42)57-55-46-18-9-13-22-50(46)60(65-55)67-58-48-20-11-7-16-44(48)53(63-58)52(37-30-40-26-31-41(32-27-40)62(70)71)54-45-17-8-12-21-49(45)59(64-54)68-61-51-23-14-10-19-47(51)56(57)66-61/h7-14,16-29,31-36H,3-6,15H2,1-2H3,(H,70,71)(H,63,65,67)(H,64,66,68). The monoisotopic (exact) mass is 921 g/mol. The van der Waals surface area contributed by atoms with E-state index in [1.165, 1.54) is 24.8 Å². The van der Waals surface area contributed by atoms with E-state index in [1.54, 1.807) is 24.3 Å². The number of aromatic nitrogens is 6. The Labute approximate surface area is 410 Å². The Kier molecular flexibility index (Phi) is 11.0. The van der Waals surface area contributed by atoms with Gasteiger partial charge in [0.1, 0.15) is 11.3 Å². The molecule has 5 heterocycles. The van der Waals surface area contributed by atoms with Crippen LogP contribution in [0.4, 0.5) is 17.1 Å². The van der Waals surface area contributed by atoms with Gasteiger partial charge in [0.2, 0.25) is 0 Å². The second-order valence-corrected chi connectivity index (χ2v) is 18.2. The molecule has 10 aromatic rings. The minimum absolute atomic E-state index is 0.191. The molecule has 8 bridgehead atoms. The van der Waals surface area contributed by atoms with Crippen LogP contribution in [0.1, 0.15) is 65.2 Å². The van der Waals surface area contributed by atoms with Gasteiger partial charge in [0, 0.05) is 60.7 Å². The highest BCUT2D eigenvalue weighted by Crippen LogP contribution is 2.48. The van der Waals surface area contributed by atoms with Crippen LogP contribution in [0.15, 0.2) is 170 Å². The molecule has 0 saturated heterocycles. The lowest BCUT2D eigenvalue weighted by molar-refractivity contribution is 0.0697. The van der Waals surface area contributed by atoms with Crippen molar-refractivity contribution in [2.75, 3.05) is 4.90 Å². The number of aromatic amines is 2. The van der Waals surface area contributed by atoms with E-state index in [0.29, 0.717) is 39.8 Å². The van der Waals surface area contributed by atoms with Crippen molar-refractivity contribution in [1.29, 1.82) is 0 Å². The lowest BCUT2D eigenvalue weighted by atomic mass is 10.0. The van der Waals surface area contributed by atoms with Crippen molar-refractivity contribution in [2.45, 2.75) is 46.0 Å². The molecule has 0 atom stereocenters. The molecule has 3 N–H and O–H groups in total. The average Bonchev–Trinajstić information content (AvgIpc) is 4.17. The molecule has 0 aliphatic carbocycles. The summed E-state index contributed by atoms with van der Waals surface area (Å²) < 4.78 is 0. The van der Waals surface area contributed by atoms with Gasteiger partial charge >= 0.3 is 5.97 Å². The van der Waals surface area contributed by atoms with Crippen LogP contribution in [0.3, 0.4) is 0 Å². The number of carboxylic acid groups (broad SMARTS) is 1. The van der Waals surface area contributed by atoms with Crippen molar-refractivity contribution in [3.63, 3.8) is 0 Å². The number of hydrogen-bond donors (Lipinski definition) is 3. The minimum atomic E-state index is -0.994. The van der Waals surface area contributed by atoms with E-state index in [0.717, 1.165) is 96.0 Å². The van der Waals surface area contributed by atoms with Crippen LogP contribution in [0.25, 0.3) is 89.2 Å². The highest BCUT2D eigenvalue weighted by atomic mass is 16.4. The summed E-state index contributed by atoms with van der Waals surface area (Å²) in [5.74, 6) is 6.96. The normalized spacial score (nSPS) is 11.5. The molecule has 71 heavy (non-hydrogen) atoms. The number of benzene rings is 7. The van der Waals surface area contributed by atoms with Crippen molar-refractivity contribution >= 4 is 66.9 Å². The molecule has 0 unspecified atom stereocenters. The number of carboxylic acids is 1. The van der Waals surface area contributed by atoms with E-state index >= 15 is 0 Å². The zero-order chi connectivity index (χ0) is 48.0. The third-order valence-electron chi connectivity index (χ3n) is 13.5. The number of hydrogen-bond acceptors (Lipinski definition) is 6. The van der Waals surface area contributed by atoms with Crippen molar-refractivity contribution < 1.29 is 9.90 Å². The zero-order valence-corrected chi connectivity index (χ0v) is 39.3. The van der Waals surface area contributed by atoms with E-state index in [-0.39, 0.29) is 5.56 Å². The van der Waals surface area contributed by atoms with Crippen LogP contribution in [-0.4, -0.2) is 41.0 Å². The van der Waals surface area contributed by atoms with Crippen LogP contribution < -0.4 is 4.90 Å². The lowest BCUT2D eigenvalue weighted by Crippen LogP contribution is -2.12. The summed E-state index contributed by atoms with van der Waals surface area (Å²) >= 11 is 0. The first-order valence-electron chi connectivity index (χ1n) is 24.2. The molecule has 0 radical (unpaired) electrons. The predicted octanol–water partition coefficient (Wildman–Crippen LogP) is 15.1. The van der Waals surface area contributed by atoms with Crippen molar-refractivity contribution in [2.24, 2.45) is 0 Å². The predicted molar refractivity (Wildman–Crippen MR) is 287 cm³/mol. The van der Waals surface area contributed by atoms with E-state index in [1.807, 2.05) is 36.4 Å². The molecule has 2 aliphatic rings. The number of nitrogens with one attached hydrogen (secondary N) is 2. The van der Waals surface area contributed by atoms with Crippen molar-refractivity contribution in [1.82, 2.24) is 29.9 Å². The molecule has 0 fully saturated rings. The zero-order valence-electron chi connectivity index (χ0n) is 39.3. The van der Waals surface area contributed by atoms with Crippen molar-refractivity contribution in [3.8, 4) is 57.1 Å². The molecule has 2 aliphatic heterocycles. The number of aryl methyl sites for hydroxylation is 2. The second-order valence-electron chi connectivity index (χ2n) is 18.2. The van der Waals surface area contributed by atoms with E-state index in [4.69, 9.17) is 19.9 Å². The van der Waals surface area contributed by atoms with Gasteiger partial charge in [-0.25, -0.2) is 24.7 Å². The molecule has 342 valence electrons. The fourth-order valence-electron chi connectivity index (χ4n) is 9.93. The first-order valence-corrected chi connectivity index (χ1v) is 24.2. The summed E-state index contributed by atoms with van der Waals surface area (Å²) in [6.45, 7) is 4.37. The molecular formula is C62H47N7O2. The second kappa shape index (κ2) is 18.1. The highest BCUT2D eigenvalue weighted by molar-refractivity contribution is 6.15. The number of carbonyl (C=O) groups is 1. The van der Waals surface area contributed by atoms with Crippen molar-refractivity contribution in [3.05, 3.63) is 198 Å². The van der Waals surface area contributed by atoms with Crippen LogP contribution in [0.2, 0.25) is 0 Å². The van der Waals surface area contributed by atoms with Gasteiger partial charge in [-0.05, 0) is 73.9 Å². The third kappa shape index (κ3) is 7.86. The van der Waals surface area contributed by atoms with Crippen LogP contribution >= 0.6 is 0 Å². The molecular weight excluding hydrogens is 875 g/mol. The SMILES string of the molecule is CCCCCCc1ccc(N(c2ccc(C)cc2)c2c3nc(nc4[nH]c(c(C#Cc5ccc(C(=O)O)cc5)c5nc(nc6[nH]c2c2ccccc62)-c2ccccc2-5)c2ccccc42)-c2ccccc2-3)cc1. The molecule has 7 aromatic carbocycles. The van der Waals surface area contributed by atoms with Gasteiger partial charge < -0.3 is 20.0 Å². The van der Waals surface area contributed by atoms with Gasteiger partial charge in [-0.3, -0.25) is 0 Å². The maximum absolute atomic E-state index is 11.7. The molecule has 12 rings (SSSR count). The summed E-state index contributed by atoms with van der Waals surface area (Å²) in [4.78, 5) is 43.6. The third-order valence-corrected chi connectivity index (χ3v) is 13.5. The lowest BCUT2D eigenvalue weighted by Gasteiger charge is -2.27. The first kappa shape index (κ1) is 43.2. The van der Waals surface area contributed by atoms with Gasteiger partial charge in [-0.15, -0.1) is 0 Å². The van der Waals surface area contributed by atoms with Crippen LogP contribution in [0.5, 0.6) is 0 Å². The fraction of sp³-hybridized carbons (Fsp3) is 0.113. The number of H-pyrrole nitrogens is 2. The number of fused-ring (bicyclic) bond motifs is 20. The number of rotatable bonds is 9. The van der Waals surface area contributed by atoms with Gasteiger partial charge in [0.05, 0.1) is 39.2 Å². The Morgan fingerprint density at radius 2 is 1.06 bits per heavy atom. The Balaban J connectivity index is 1.23. The van der Waals surface area contributed by atoms with Crippen LogP contribution in [-0.2, 0) is 6.42 Å². The minimum Gasteiger partial charge on any atom is -0.478 e. The maximum atomic E-state index is 11.7. The summed E-state index contributed by atoms with van der Waals surface area (Å²) in [5.41, 5.74) is 14.7. The maximum Gasteiger partial charge on any atom is 0.335 e. The van der Waals surface area contributed by atoms with Gasteiger partial charge in [0.15, 0.2) is 11.6 Å². The van der Waals surface area contributed by atoms with Gasteiger partial charge in [-0.1, -0.05) is 165 Å². The smallest absolute Gasteiger partial charge is 0.335 e. The Morgan fingerprint density at radius 1 is 0.535 bits per heavy atom. The summed E-state index contributed by atoms with van der Waals surface area (Å²) in [6.07, 6.45) is 5.86. The largest absolute Gasteiger partial charge is 0.478 e. The fourth-order valence-corrected chi connectivity index (χ4v) is 9.93.